The molecule has 0 bridgehead atoms. The van der Waals surface area contributed by atoms with Gasteiger partial charge in [-0.1, -0.05) is 0 Å². The summed E-state index contributed by atoms with van der Waals surface area (Å²) in [5, 5.41) is 6.57. The first-order valence-electron chi connectivity index (χ1n) is 11.0. The van der Waals surface area contributed by atoms with E-state index in [2.05, 4.69) is 35.3 Å². The number of nitrogens with one attached hydrogen (secondary N) is 1. The number of pyridine rings is 1. The molecule has 3 N–H and O–H groups in total. The fraction of sp³-hybridized carbons (Fsp3) is 0.318. The summed E-state index contributed by atoms with van der Waals surface area (Å²) in [6.07, 6.45) is -4.17. The fourth-order valence-corrected chi connectivity index (χ4v) is 4.15. The molecule has 38 heavy (non-hydrogen) atoms. The number of carbonyl (C=O) groups is 1. The number of hydrogen-bond donors (Lipinski definition) is 2. The number of rotatable bonds is 6. The highest BCUT2D eigenvalue weighted by atomic mass is 19.4. The number of aromatic nitrogens is 7. The summed E-state index contributed by atoms with van der Waals surface area (Å²) in [5.41, 5.74) is 5.30. The van der Waals surface area contributed by atoms with Gasteiger partial charge in [0.15, 0.2) is 11.5 Å². The van der Waals surface area contributed by atoms with E-state index in [0.717, 1.165) is 10.8 Å². The second-order valence-corrected chi connectivity index (χ2v) is 8.62. The van der Waals surface area contributed by atoms with Gasteiger partial charge in [-0.3, -0.25) is 9.78 Å². The number of aryl methyl sites for hydroxylation is 1. The highest BCUT2D eigenvalue weighted by Gasteiger charge is 2.56. The van der Waals surface area contributed by atoms with Crippen molar-refractivity contribution in [1.82, 2.24) is 34.5 Å². The molecule has 198 valence electrons. The Bertz CT molecular complexity index is 1560. The lowest BCUT2D eigenvalue weighted by Gasteiger charge is -2.22. The number of nitrogens with zero attached hydrogens (tertiary/aromatic N) is 7. The topological polar surface area (TPSA) is 146 Å². The quantitative estimate of drug-likeness (QED) is 0.356. The molecule has 0 radical (unpaired) electrons. The first-order chi connectivity index (χ1) is 17.8. The molecule has 4 aromatic heterocycles. The maximum absolute atomic E-state index is 13.6. The molecule has 0 saturated carbocycles. The van der Waals surface area contributed by atoms with E-state index in [1.165, 1.54) is 19.5 Å². The van der Waals surface area contributed by atoms with Crippen molar-refractivity contribution in [3.8, 4) is 17.3 Å². The SMILES string of the molecule is COc1ccc(C2(C)C(=O)Nc3nc(-c4cn5ncnc5c(CCC(F)(F)C(F)(F)F)n4)nc(N)c32)nc1. The van der Waals surface area contributed by atoms with E-state index in [9.17, 15) is 26.7 Å². The lowest BCUT2D eigenvalue weighted by Crippen LogP contribution is -2.36. The van der Waals surface area contributed by atoms with Gasteiger partial charge in [0.05, 0.1) is 36.5 Å². The van der Waals surface area contributed by atoms with Crippen LogP contribution in [0.25, 0.3) is 17.2 Å². The van der Waals surface area contributed by atoms with Gasteiger partial charge in [0.25, 0.3) is 0 Å². The fourth-order valence-electron chi connectivity index (χ4n) is 4.15. The number of alkyl halides is 5. The Morgan fingerprint density at radius 1 is 1.13 bits per heavy atom. The van der Waals surface area contributed by atoms with Crippen molar-refractivity contribution < 1.29 is 31.5 Å². The lowest BCUT2D eigenvalue weighted by atomic mass is 9.81. The molecule has 1 unspecified atom stereocenters. The van der Waals surface area contributed by atoms with E-state index in [4.69, 9.17) is 10.5 Å². The average Bonchev–Trinajstić information content (AvgIpc) is 3.44. The molecular formula is C22H18F5N9O2. The monoisotopic (exact) mass is 535 g/mol. The number of anilines is 2. The number of carbonyl (C=O) groups excluding carboxylic acids is 1. The van der Waals surface area contributed by atoms with Crippen molar-refractivity contribution in [1.29, 1.82) is 0 Å². The highest BCUT2D eigenvalue weighted by molar-refractivity contribution is 6.08. The van der Waals surface area contributed by atoms with Gasteiger partial charge in [-0.15, -0.1) is 0 Å². The second-order valence-electron chi connectivity index (χ2n) is 8.62. The highest BCUT2D eigenvalue weighted by Crippen LogP contribution is 2.44. The van der Waals surface area contributed by atoms with Crippen LogP contribution in [0.3, 0.4) is 0 Å². The molecule has 5 heterocycles. The van der Waals surface area contributed by atoms with Crippen LogP contribution in [0.1, 0.15) is 30.3 Å². The third-order valence-corrected chi connectivity index (χ3v) is 6.26. The smallest absolute Gasteiger partial charge is 0.453 e. The van der Waals surface area contributed by atoms with E-state index in [-0.39, 0.29) is 40.1 Å². The predicted octanol–water partition coefficient (Wildman–Crippen LogP) is 2.96. The second kappa shape index (κ2) is 8.53. The Morgan fingerprint density at radius 3 is 2.55 bits per heavy atom. The summed E-state index contributed by atoms with van der Waals surface area (Å²) < 4.78 is 71.4. The molecule has 0 saturated heterocycles. The Labute approximate surface area is 210 Å². The zero-order chi connectivity index (χ0) is 27.5. The molecule has 1 atom stereocenters. The van der Waals surface area contributed by atoms with Crippen LogP contribution in [0.5, 0.6) is 5.75 Å². The molecule has 1 aliphatic rings. The van der Waals surface area contributed by atoms with E-state index < -0.39 is 36.3 Å². The molecule has 1 amide bonds. The minimum Gasteiger partial charge on any atom is -0.495 e. The Hall–Kier alpha value is -4.50. The summed E-state index contributed by atoms with van der Waals surface area (Å²) in [4.78, 5) is 34.0. The molecule has 0 fully saturated rings. The molecule has 0 aromatic carbocycles. The van der Waals surface area contributed by atoms with Gasteiger partial charge in [-0.05, 0) is 25.5 Å². The number of nitrogens with two attached hydrogens (primary N) is 1. The van der Waals surface area contributed by atoms with Gasteiger partial charge in [-0.2, -0.15) is 27.1 Å². The third-order valence-electron chi connectivity index (χ3n) is 6.26. The van der Waals surface area contributed by atoms with E-state index >= 15 is 0 Å². The lowest BCUT2D eigenvalue weighted by molar-refractivity contribution is -0.284. The zero-order valence-corrected chi connectivity index (χ0v) is 19.7. The summed E-state index contributed by atoms with van der Waals surface area (Å²) in [6, 6.07) is 3.23. The van der Waals surface area contributed by atoms with Gasteiger partial charge >= 0.3 is 12.1 Å². The van der Waals surface area contributed by atoms with Gasteiger partial charge in [-0.25, -0.2) is 24.5 Å². The number of halogens is 5. The van der Waals surface area contributed by atoms with Crippen LogP contribution in [-0.2, 0) is 16.6 Å². The van der Waals surface area contributed by atoms with Crippen LogP contribution in [0.2, 0.25) is 0 Å². The van der Waals surface area contributed by atoms with Crippen LogP contribution in [0, 0.1) is 0 Å². The van der Waals surface area contributed by atoms with Crippen molar-refractivity contribution in [2.75, 3.05) is 18.2 Å². The van der Waals surface area contributed by atoms with Crippen molar-refractivity contribution in [3.05, 3.63) is 47.8 Å². The maximum atomic E-state index is 13.6. The van der Waals surface area contributed by atoms with Gasteiger partial charge < -0.3 is 15.8 Å². The largest absolute Gasteiger partial charge is 0.495 e. The molecular weight excluding hydrogens is 517 g/mol. The Kier molecular flexibility index (Phi) is 5.65. The minimum atomic E-state index is -5.71. The van der Waals surface area contributed by atoms with Crippen molar-refractivity contribution in [3.63, 3.8) is 0 Å². The van der Waals surface area contributed by atoms with Crippen molar-refractivity contribution in [2.24, 2.45) is 0 Å². The molecule has 11 nitrogen and oxygen atoms in total. The molecule has 4 aromatic rings. The average molecular weight is 535 g/mol. The molecule has 1 aliphatic heterocycles. The summed E-state index contributed by atoms with van der Waals surface area (Å²) in [6.45, 7) is 1.60. The van der Waals surface area contributed by atoms with Crippen LogP contribution >= 0.6 is 0 Å². The first-order valence-corrected chi connectivity index (χ1v) is 11.0. The summed E-state index contributed by atoms with van der Waals surface area (Å²) >= 11 is 0. The van der Waals surface area contributed by atoms with Crippen LogP contribution in [0.4, 0.5) is 33.6 Å². The number of amides is 1. The van der Waals surface area contributed by atoms with Crippen LogP contribution in [0.15, 0.2) is 30.9 Å². The molecule has 16 heteroatoms. The normalized spacial score (nSPS) is 17.5. The minimum absolute atomic E-state index is 0.00712. The van der Waals surface area contributed by atoms with Crippen LogP contribution in [-0.4, -0.2) is 59.6 Å². The summed E-state index contributed by atoms with van der Waals surface area (Å²) in [5.74, 6) is -5.06. The third kappa shape index (κ3) is 3.92. The van der Waals surface area contributed by atoms with Crippen molar-refractivity contribution in [2.45, 2.75) is 37.3 Å². The van der Waals surface area contributed by atoms with Crippen molar-refractivity contribution >= 4 is 23.2 Å². The number of nitrogen functional groups attached to an aromatic ring is 1. The number of ether oxygens (including phenoxy) is 1. The number of hydrogen-bond acceptors (Lipinski definition) is 9. The van der Waals surface area contributed by atoms with E-state index in [1.54, 1.807) is 19.1 Å². The molecule has 0 aliphatic carbocycles. The van der Waals surface area contributed by atoms with E-state index in [0.29, 0.717) is 11.4 Å². The zero-order valence-electron chi connectivity index (χ0n) is 19.7. The Morgan fingerprint density at radius 2 is 1.89 bits per heavy atom. The molecule has 5 rings (SSSR count). The van der Waals surface area contributed by atoms with Gasteiger partial charge in [0.1, 0.15) is 34.8 Å². The van der Waals surface area contributed by atoms with E-state index in [1.807, 2.05) is 0 Å². The standard InChI is InChI=1S/C22H18F5N9O2/c1-20(13-4-3-10(38-2)7-29-13)14-15(28)33-16(34-17(14)35-19(20)37)12-8-36-18(30-9-31-36)11(32-12)5-6-21(23,24)22(25,26)27/h3-4,7-9H,5-6H2,1-2H3,(H3,28,33,34,35,37). The van der Waals surface area contributed by atoms with Crippen LogP contribution < -0.4 is 15.8 Å². The number of methoxy groups -OCH3 is 1. The summed E-state index contributed by atoms with van der Waals surface area (Å²) in [7, 11) is 1.47. The maximum Gasteiger partial charge on any atom is 0.453 e. The first kappa shape index (κ1) is 25.2. The number of fused-ring (bicyclic) bond motifs is 2. The van der Waals surface area contributed by atoms with Gasteiger partial charge in [0.2, 0.25) is 5.91 Å². The molecule has 0 spiro atoms. The predicted molar refractivity (Wildman–Crippen MR) is 121 cm³/mol. The van der Waals surface area contributed by atoms with Gasteiger partial charge in [0, 0.05) is 6.42 Å². The Balaban J connectivity index is 1.55.